The molecule has 0 aliphatic carbocycles. The highest BCUT2D eigenvalue weighted by molar-refractivity contribution is 5.73. The maximum Gasteiger partial charge on any atom is 0.306 e. The number of benzene rings is 1. The third-order valence-corrected chi connectivity index (χ3v) is 2.85. The molecule has 1 heterocycles. The lowest BCUT2D eigenvalue weighted by Crippen LogP contribution is -2.09. The van der Waals surface area contributed by atoms with E-state index < -0.39 is 0 Å². The summed E-state index contributed by atoms with van der Waals surface area (Å²) in [5.74, 6) is 0.123. The zero-order valence-electron chi connectivity index (χ0n) is 10.2. The predicted molar refractivity (Wildman–Crippen MR) is 68.9 cm³/mol. The fraction of sp³-hybridized carbons (Fsp3) is 0.357. The molecule has 2 rings (SSSR count). The van der Waals surface area contributed by atoms with Gasteiger partial charge in [-0.3, -0.25) is 4.79 Å². The first-order valence-electron chi connectivity index (χ1n) is 5.77. The Labute approximate surface area is 102 Å². The van der Waals surface area contributed by atoms with Crippen LogP contribution in [0.25, 0.3) is 6.08 Å². The van der Waals surface area contributed by atoms with Gasteiger partial charge in [0.25, 0.3) is 0 Å². The van der Waals surface area contributed by atoms with Gasteiger partial charge in [-0.2, -0.15) is 0 Å². The average Bonchev–Trinajstić information content (AvgIpc) is 2.73. The van der Waals surface area contributed by atoms with Crippen LogP contribution in [0, 0.1) is 5.92 Å². The van der Waals surface area contributed by atoms with Gasteiger partial charge < -0.3 is 9.64 Å². The molecule has 0 radical (unpaired) electrons. The molecule has 0 amide bonds. The molecule has 1 fully saturated rings. The summed E-state index contributed by atoms with van der Waals surface area (Å²) in [6, 6.07) is 8.19. The third kappa shape index (κ3) is 2.87. The summed E-state index contributed by atoms with van der Waals surface area (Å²) in [6.45, 7) is 0.513. The van der Waals surface area contributed by atoms with Crippen LogP contribution in [0.5, 0.6) is 0 Å². The highest BCUT2D eigenvalue weighted by atomic mass is 16.5. The number of ether oxygens (including phenoxy) is 1. The molecular weight excluding hydrogens is 214 g/mol. The minimum atomic E-state index is -0.0967. The second kappa shape index (κ2) is 5.04. The van der Waals surface area contributed by atoms with Gasteiger partial charge in [0.2, 0.25) is 0 Å². The van der Waals surface area contributed by atoms with E-state index >= 15 is 0 Å². The molecule has 1 unspecified atom stereocenters. The summed E-state index contributed by atoms with van der Waals surface area (Å²) in [7, 11) is 4.05. The normalized spacial score (nSPS) is 19.6. The number of nitrogens with zero attached hydrogens (tertiary/aromatic N) is 1. The first kappa shape index (κ1) is 11.7. The Kier molecular flexibility index (Phi) is 3.47. The van der Waals surface area contributed by atoms with E-state index in [0.29, 0.717) is 13.0 Å². The second-order valence-electron chi connectivity index (χ2n) is 4.46. The molecule has 1 aliphatic rings. The zero-order valence-corrected chi connectivity index (χ0v) is 10.2. The van der Waals surface area contributed by atoms with Gasteiger partial charge in [-0.05, 0) is 11.6 Å². The predicted octanol–water partition coefficient (Wildman–Crippen LogP) is 2.33. The lowest BCUT2D eigenvalue weighted by molar-refractivity contribution is -0.137. The second-order valence-corrected chi connectivity index (χ2v) is 4.46. The van der Waals surface area contributed by atoms with Crippen LogP contribution in [-0.4, -0.2) is 26.7 Å². The lowest BCUT2D eigenvalue weighted by Gasteiger charge is -2.15. The van der Waals surface area contributed by atoms with E-state index in [4.69, 9.17) is 4.74 Å². The van der Waals surface area contributed by atoms with E-state index in [1.807, 2.05) is 26.2 Å². The van der Waals surface area contributed by atoms with Gasteiger partial charge in [0, 0.05) is 25.7 Å². The molecule has 90 valence electrons. The first-order chi connectivity index (χ1) is 8.16. The highest BCUT2D eigenvalue weighted by Gasteiger charge is 2.20. The van der Waals surface area contributed by atoms with E-state index in [1.165, 1.54) is 5.69 Å². The monoisotopic (exact) mass is 231 g/mol. The Morgan fingerprint density at radius 1 is 1.35 bits per heavy atom. The Hall–Kier alpha value is -1.77. The fourth-order valence-corrected chi connectivity index (χ4v) is 1.93. The average molecular weight is 231 g/mol. The number of cyclic esters (lactones) is 1. The summed E-state index contributed by atoms with van der Waals surface area (Å²) in [6.07, 6.45) is 4.63. The summed E-state index contributed by atoms with van der Waals surface area (Å²) in [5.41, 5.74) is 2.34. The highest BCUT2D eigenvalue weighted by Crippen LogP contribution is 2.22. The summed E-state index contributed by atoms with van der Waals surface area (Å²) < 4.78 is 4.93. The zero-order chi connectivity index (χ0) is 12.3. The van der Waals surface area contributed by atoms with E-state index in [2.05, 4.69) is 29.2 Å². The van der Waals surface area contributed by atoms with Gasteiger partial charge in [-0.25, -0.2) is 0 Å². The van der Waals surface area contributed by atoms with Crippen LogP contribution in [-0.2, 0) is 9.53 Å². The smallest absolute Gasteiger partial charge is 0.306 e. The van der Waals surface area contributed by atoms with Crippen molar-refractivity contribution in [2.45, 2.75) is 6.42 Å². The van der Waals surface area contributed by atoms with Crippen molar-refractivity contribution in [3.8, 4) is 0 Å². The van der Waals surface area contributed by atoms with Crippen LogP contribution >= 0.6 is 0 Å². The SMILES string of the molecule is CN(C)c1ccccc1/C=C/C1COC(=O)C1. The van der Waals surface area contributed by atoms with Crippen LogP contribution in [0.2, 0.25) is 0 Å². The van der Waals surface area contributed by atoms with Gasteiger partial charge in [-0.1, -0.05) is 30.4 Å². The number of hydrogen-bond donors (Lipinski definition) is 0. The van der Waals surface area contributed by atoms with Crippen molar-refractivity contribution < 1.29 is 9.53 Å². The summed E-state index contributed by atoms with van der Waals surface area (Å²) in [5, 5.41) is 0. The van der Waals surface area contributed by atoms with E-state index in [0.717, 1.165) is 5.56 Å². The van der Waals surface area contributed by atoms with Crippen molar-refractivity contribution in [3.05, 3.63) is 35.9 Å². The largest absolute Gasteiger partial charge is 0.465 e. The van der Waals surface area contributed by atoms with E-state index in [9.17, 15) is 4.79 Å². The molecular formula is C14H17NO2. The molecule has 0 bridgehead atoms. The number of esters is 1. The molecule has 1 saturated heterocycles. The van der Waals surface area contributed by atoms with Crippen molar-refractivity contribution in [2.75, 3.05) is 25.6 Å². The number of para-hydroxylation sites is 1. The van der Waals surface area contributed by atoms with Crippen LogP contribution in [0.4, 0.5) is 5.69 Å². The number of carbonyl (C=O) groups excluding carboxylic acids is 1. The van der Waals surface area contributed by atoms with Crippen molar-refractivity contribution in [1.82, 2.24) is 0 Å². The molecule has 3 nitrogen and oxygen atoms in total. The topological polar surface area (TPSA) is 29.5 Å². The van der Waals surface area contributed by atoms with E-state index in [1.54, 1.807) is 0 Å². The van der Waals surface area contributed by atoms with Crippen LogP contribution in [0.3, 0.4) is 0 Å². The van der Waals surface area contributed by atoms with Crippen LogP contribution in [0.1, 0.15) is 12.0 Å². The molecule has 1 aliphatic heterocycles. The molecule has 1 atom stereocenters. The molecule has 0 saturated carbocycles. The first-order valence-corrected chi connectivity index (χ1v) is 5.77. The maximum atomic E-state index is 11.0. The van der Waals surface area contributed by atoms with E-state index in [-0.39, 0.29) is 11.9 Å². The number of carbonyl (C=O) groups is 1. The number of hydrogen-bond acceptors (Lipinski definition) is 3. The van der Waals surface area contributed by atoms with Crippen molar-refractivity contribution in [1.29, 1.82) is 0 Å². The molecule has 0 N–H and O–H groups in total. The standard InChI is InChI=1S/C14H17NO2/c1-15(2)13-6-4-3-5-12(13)8-7-11-9-14(16)17-10-11/h3-8,11H,9-10H2,1-2H3/b8-7+. The molecule has 3 heteroatoms. The van der Waals surface area contributed by atoms with Gasteiger partial charge in [0.15, 0.2) is 0 Å². The summed E-state index contributed by atoms with van der Waals surface area (Å²) in [4.78, 5) is 13.1. The van der Waals surface area contributed by atoms with Gasteiger partial charge in [0.05, 0.1) is 13.0 Å². The molecule has 17 heavy (non-hydrogen) atoms. The lowest BCUT2D eigenvalue weighted by atomic mass is 10.1. The Balaban J connectivity index is 2.12. The minimum Gasteiger partial charge on any atom is -0.465 e. The molecule has 1 aromatic rings. The number of anilines is 1. The van der Waals surface area contributed by atoms with Gasteiger partial charge >= 0.3 is 5.97 Å². The Morgan fingerprint density at radius 3 is 2.76 bits per heavy atom. The third-order valence-electron chi connectivity index (χ3n) is 2.85. The van der Waals surface area contributed by atoms with Crippen LogP contribution < -0.4 is 4.90 Å². The molecule has 0 aromatic heterocycles. The number of rotatable bonds is 3. The summed E-state index contributed by atoms with van der Waals surface area (Å²) >= 11 is 0. The fourth-order valence-electron chi connectivity index (χ4n) is 1.93. The van der Waals surface area contributed by atoms with Gasteiger partial charge in [-0.15, -0.1) is 0 Å². The minimum absolute atomic E-state index is 0.0967. The molecule has 1 aromatic carbocycles. The van der Waals surface area contributed by atoms with Crippen LogP contribution in [0.15, 0.2) is 30.3 Å². The Bertz CT molecular complexity index is 438. The maximum absolute atomic E-state index is 11.0. The van der Waals surface area contributed by atoms with Gasteiger partial charge in [0.1, 0.15) is 0 Å². The Morgan fingerprint density at radius 2 is 2.12 bits per heavy atom. The van der Waals surface area contributed by atoms with Crippen molar-refractivity contribution >= 4 is 17.7 Å². The quantitative estimate of drug-likeness (QED) is 0.748. The van der Waals surface area contributed by atoms with Crippen molar-refractivity contribution in [2.24, 2.45) is 5.92 Å². The molecule has 0 spiro atoms. The van der Waals surface area contributed by atoms with Crippen molar-refractivity contribution in [3.63, 3.8) is 0 Å².